The lowest BCUT2D eigenvalue weighted by Crippen LogP contribution is -2.10. The Kier molecular flexibility index (Phi) is 3.43. The summed E-state index contributed by atoms with van der Waals surface area (Å²) in [6.45, 7) is 1.99. The lowest BCUT2D eigenvalue weighted by molar-refractivity contribution is 0.103. The zero-order valence-corrected chi connectivity index (χ0v) is 11.1. The van der Waals surface area contributed by atoms with Gasteiger partial charge in [0.1, 0.15) is 5.82 Å². The van der Waals surface area contributed by atoms with Gasteiger partial charge in [-0.05, 0) is 41.8 Å². The molecule has 0 aromatic carbocycles. The molecular formula is C13H13BrN2O. The van der Waals surface area contributed by atoms with E-state index in [2.05, 4.69) is 27.0 Å². The second kappa shape index (κ2) is 4.84. The van der Waals surface area contributed by atoms with E-state index in [1.54, 1.807) is 12.3 Å². The highest BCUT2D eigenvalue weighted by Crippen LogP contribution is 2.24. The van der Waals surface area contributed by atoms with Crippen LogP contribution >= 0.6 is 15.9 Å². The number of nitrogens with two attached hydrogens (primary N) is 1. The normalized spacial score (nSPS) is 15.2. The molecule has 0 spiro atoms. The first-order valence-electron chi connectivity index (χ1n) is 5.41. The summed E-state index contributed by atoms with van der Waals surface area (Å²) in [5, 5.41) is 0. The Morgan fingerprint density at radius 1 is 1.53 bits per heavy atom. The Morgan fingerprint density at radius 2 is 2.29 bits per heavy atom. The largest absolute Gasteiger partial charge is 0.383 e. The van der Waals surface area contributed by atoms with Crippen molar-refractivity contribution in [2.24, 2.45) is 0 Å². The summed E-state index contributed by atoms with van der Waals surface area (Å²) >= 11 is 3.30. The van der Waals surface area contributed by atoms with Gasteiger partial charge in [0.05, 0.1) is 5.56 Å². The molecule has 88 valence electrons. The van der Waals surface area contributed by atoms with Gasteiger partial charge in [0.2, 0.25) is 0 Å². The molecular weight excluding hydrogens is 280 g/mol. The number of ketones is 1. The third-order valence-corrected chi connectivity index (χ3v) is 3.14. The Balaban J connectivity index is 2.37. The SMILES string of the molecule is CC1=CCCC(C(=O)c2cc(Br)cnc2N)=C1. The van der Waals surface area contributed by atoms with Crippen LogP contribution in [0.25, 0.3) is 0 Å². The van der Waals surface area contributed by atoms with Crippen molar-refractivity contribution in [1.82, 2.24) is 4.98 Å². The third kappa shape index (κ3) is 2.64. The maximum Gasteiger partial charge on any atom is 0.192 e. The fraction of sp³-hybridized carbons (Fsp3) is 0.231. The van der Waals surface area contributed by atoms with Crippen LogP contribution < -0.4 is 5.73 Å². The predicted octanol–water partition coefficient (Wildman–Crippen LogP) is 3.28. The van der Waals surface area contributed by atoms with Crippen LogP contribution in [0, 0.1) is 0 Å². The minimum absolute atomic E-state index is 0.0243. The number of Topliss-reactive ketones (excluding diaryl/α,β-unsaturated/α-hetero) is 1. The average Bonchev–Trinajstić information content (AvgIpc) is 2.31. The summed E-state index contributed by atoms with van der Waals surface area (Å²) in [6, 6.07) is 1.72. The van der Waals surface area contributed by atoms with Crippen molar-refractivity contribution in [1.29, 1.82) is 0 Å². The first-order valence-corrected chi connectivity index (χ1v) is 6.20. The van der Waals surface area contributed by atoms with E-state index in [1.165, 1.54) is 0 Å². The van der Waals surface area contributed by atoms with Gasteiger partial charge in [0, 0.05) is 16.2 Å². The Hall–Kier alpha value is -1.42. The van der Waals surface area contributed by atoms with E-state index in [0.29, 0.717) is 5.56 Å². The maximum absolute atomic E-state index is 12.3. The van der Waals surface area contributed by atoms with Crippen molar-refractivity contribution in [2.75, 3.05) is 5.73 Å². The molecule has 0 unspecified atom stereocenters. The summed E-state index contributed by atoms with van der Waals surface area (Å²) in [6.07, 6.45) is 7.31. The standard InChI is InChI=1S/C13H13BrN2O/c1-8-3-2-4-9(5-8)12(17)11-6-10(14)7-16-13(11)15/h3,5-7H,2,4H2,1H3,(H2,15,16). The average molecular weight is 293 g/mol. The Labute approximate surface area is 109 Å². The van der Waals surface area contributed by atoms with Crippen LogP contribution in [-0.4, -0.2) is 10.8 Å². The van der Waals surface area contributed by atoms with Gasteiger partial charge in [-0.15, -0.1) is 0 Å². The van der Waals surface area contributed by atoms with Gasteiger partial charge in [-0.25, -0.2) is 4.98 Å². The van der Waals surface area contributed by atoms with Crippen molar-refractivity contribution >= 4 is 27.5 Å². The number of allylic oxidation sites excluding steroid dienone is 4. The van der Waals surface area contributed by atoms with Crippen molar-refractivity contribution in [3.05, 3.63) is 45.6 Å². The minimum atomic E-state index is -0.0243. The smallest absolute Gasteiger partial charge is 0.192 e. The van der Waals surface area contributed by atoms with Crippen LogP contribution in [0.3, 0.4) is 0 Å². The van der Waals surface area contributed by atoms with Crippen LogP contribution in [0.5, 0.6) is 0 Å². The lowest BCUT2D eigenvalue weighted by atomic mass is 9.94. The molecule has 2 N–H and O–H groups in total. The summed E-state index contributed by atoms with van der Waals surface area (Å²) in [5.41, 5.74) is 8.14. The number of halogens is 1. The van der Waals surface area contributed by atoms with Crippen molar-refractivity contribution in [3.8, 4) is 0 Å². The van der Waals surface area contributed by atoms with Crippen LogP contribution in [0.4, 0.5) is 5.82 Å². The van der Waals surface area contributed by atoms with Crippen molar-refractivity contribution in [2.45, 2.75) is 19.8 Å². The molecule has 1 aromatic rings. The molecule has 1 heterocycles. The summed E-state index contributed by atoms with van der Waals surface area (Å²) in [7, 11) is 0. The first kappa shape index (κ1) is 12.0. The Morgan fingerprint density at radius 3 is 3.00 bits per heavy atom. The second-order valence-electron chi connectivity index (χ2n) is 4.07. The molecule has 4 heteroatoms. The number of carbonyl (C=O) groups is 1. The van der Waals surface area contributed by atoms with E-state index >= 15 is 0 Å². The second-order valence-corrected chi connectivity index (χ2v) is 4.99. The number of rotatable bonds is 2. The molecule has 1 aliphatic rings. The van der Waals surface area contributed by atoms with E-state index in [4.69, 9.17) is 5.73 Å². The summed E-state index contributed by atoms with van der Waals surface area (Å²) in [5.74, 6) is 0.259. The fourth-order valence-corrected chi connectivity index (χ4v) is 2.18. The summed E-state index contributed by atoms with van der Waals surface area (Å²) < 4.78 is 0.763. The zero-order valence-electron chi connectivity index (χ0n) is 9.53. The summed E-state index contributed by atoms with van der Waals surface area (Å²) in [4.78, 5) is 16.3. The molecule has 0 saturated heterocycles. The molecule has 0 bridgehead atoms. The fourth-order valence-electron chi connectivity index (χ4n) is 1.85. The number of carbonyl (C=O) groups excluding carboxylic acids is 1. The van der Waals surface area contributed by atoms with E-state index in [0.717, 1.165) is 28.5 Å². The highest BCUT2D eigenvalue weighted by Gasteiger charge is 2.17. The molecule has 0 amide bonds. The monoisotopic (exact) mass is 292 g/mol. The van der Waals surface area contributed by atoms with Gasteiger partial charge in [-0.1, -0.05) is 17.7 Å². The number of hydrogen-bond donors (Lipinski definition) is 1. The van der Waals surface area contributed by atoms with Gasteiger partial charge in [0.25, 0.3) is 0 Å². The molecule has 3 nitrogen and oxygen atoms in total. The molecule has 17 heavy (non-hydrogen) atoms. The number of hydrogen-bond acceptors (Lipinski definition) is 3. The van der Waals surface area contributed by atoms with Gasteiger partial charge >= 0.3 is 0 Å². The number of aromatic nitrogens is 1. The predicted molar refractivity (Wildman–Crippen MR) is 71.8 cm³/mol. The van der Waals surface area contributed by atoms with Crippen LogP contribution in [0.1, 0.15) is 30.1 Å². The quantitative estimate of drug-likeness (QED) is 0.851. The van der Waals surface area contributed by atoms with E-state index in [-0.39, 0.29) is 11.6 Å². The number of anilines is 1. The van der Waals surface area contributed by atoms with Gasteiger partial charge in [0.15, 0.2) is 5.78 Å². The van der Waals surface area contributed by atoms with E-state index in [9.17, 15) is 4.79 Å². The topological polar surface area (TPSA) is 56.0 Å². The molecule has 0 aliphatic heterocycles. The van der Waals surface area contributed by atoms with Gasteiger partial charge in [-0.3, -0.25) is 4.79 Å². The lowest BCUT2D eigenvalue weighted by Gasteiger charge is -2.11. The van der Waals surface area contributed by atoms with E-state index in [1.807, 2.05) is 13.0 Å². The molecule has 0 atom stereocenters. The molecule has 1 aromatic heterocycles. The minimum Gasteiger partial charge on any atom is -0.383 e. The zero-order chi connectivity index (χ0) is 12.4. The highest BCUT2D eigenvalue weighted by molar-refractivity contribution is 9.10. The maximum atomic E-state index is 12.3. The van der Waals surface area contributed by atoms with Crippen molar-refractivity contribution in [3.63, 3.8) is 0 Å². The van der Waals surface area contributed by atoms with Gasteiger partial charge < -0.3 is 5.73 Å². The molecule has 2 rings (SSSR count). The molecule has 1 aliphatic carbocycles. The number of nitrogens with zero attached hydrogens (tertiary/aromatic N) is 1. The van der Waals surface area contributed by atoms with Crippen molar-refractivity contribution < 1.29 is 4.79 Å². The van der Waals surface area contributed by atoms with Crippen LogP contribution in [-0.2, 0) is 0 Å². The molecule has 0 radical (unpaired) electrons. The number of nitrogen functional groups attached to an aromatic ring is 1. The first-order chi connectivity index (χ1) is 8.08. The highest BCUT2D eigenvalue weighted by atomic mass is 79.9. The number of pyridine rings is 1. The molecule has 0 saturated carbocycles. The third-order valence-electron chi connectivity index (χ3n) is 2.70. The van der Waals surface area contributed by atoms with Crippen LogP contribution in [0.15, 0.2) is 40.0 Å². The van der Waals surface area contributed by atoms with Crippen LogP contribution in [0.2, 0.25) is 0 Å². The van der Waals surface area contributed by atoms with E-state index < -0.39 is 0 Å². The van der Waals surface area contributed by atoms with Gasteiger partial charge in [-0.2, -0.15) is 0 Å². The Bertz CT molecular complexity index is 532. The molecule has 0 fully saturated rings.